The molecule has 0 radical (unpaired) electrons. The zero-order chi connectivity index (χ0) is 29.9. The fourth-order valence-corrected chi connectivity index (χ4v) is 8.76. The predicted molar refractivity (Wildman–Crippen MR) is 190 cm³/mol. The van der Waals surface area contributed by atoms with Crippen LogP contribution in [0.5, 0.6) is 11.5 Å². The Kier molecular flexibility index (Phi) is 4.78. The summed E-state index contributed by atoms with van der Waals surface area (Å²) in [5.74, 6) is 1.79. The first-order valence-electron chi connectivity index (χ1n) is 15.6. The lowest BCUT2D eigenvalue weighted by molar-refractivity contribution is 0.476. The van der Waals surface area contributed by atoms with Gasteiger partial charge in [0, 0.05) is 31.3 Å². The molecular weight excluding hydrogens is 581 g/mol. The van der Waals surface area contributed by atoms with Crippen LogP contribution in [0.4, 0.5) is 0 Å². The van der Waals surface area contributed by atoms with Crippen LogP contribution in [-0.2, 0) is 0 Å². The third-order valence-corrected chi connectivity index (χ3v) is 10.8. The second-order valence-corrected chi connectivity index (χ2v) is 13.2. The molecule has 2 aliphatic heterocycles. The van der Waals surface area contributed by atoms with E-state index in [-0.39, 0.29) is 0 Å². The van der Waals surface area contributed by atoms with Crippen molar-refractivity contribution in [2.45, 2.75) is 9.79 Å². The summed E-state index contributed by atoms with van der Waals surface area (Å²) in [6, 6.07) is 52.9. The van der Waals surface area contributed by atoms with Gasteiger partial charge in [-0.2, -0.15) is 0 Å². The molecule has 4 heterocycles. The van der Waals surface area contributed by atoms with Crippen LogP contribution in [-0.4, -0.2) is 9.13 Å². The van der Waals surface area contributed by atoms with Gasteiger partial charge in [0.2, 0.25) is 0 Å². The Labute approximate surface area is 268 Å². The third-order valence-electron chi connectivity index (χ3n) is 9.68. The van der Waals surface area contributed by atoms with E-state index in [9.17, 15) is 0 Å². The van der Waals surface area contributed by atoms with Crippen molar-refractivity contribution in [2.75, 3.05) is 0 Å². The zero-order valence-electron chi connectivity index (χ0n) is 24.6. The molecule has 7 aromatic carbocycles. The Hall–Kier alpha value is -5.71. The van der Waals surface area contributed by atoms with Crippen LogP contribution in [0, 0.1) is 0 Å². The smallest absolute Gasteiger partial charge is 0.152 e. The van der Waals surface area contributed by atoms with Crippen LogP contribution >= 0.6 is 11.8 Å². The molecular formula is C42H24N2OS. The van der Waals surface area contributed by atoms with Crippen LogP contribution in [0.2, 0.25) is 0 Å². The molecule has 0 aliphatic carbocycles. The van der Waals surface area contributed by atoms with E-state index in [1.54, 1.807) is 0 Å². The number of ether oxygens (including phenoxy) is 1. The largest absolute Gasteiger partial charge is 0.453 e. The van der Waals surface area contributed by atoms with E-state index in [0.717, 1.165) is 22.7 Å². The summed E-state index contributed by atoms with van der Waals surface area (Å²) >= 11 is 1.87. The Bertz CT molecular complexity index is 2580. The third kappa shape index (κ3) is 3.24. The summed E-state index contributed by atoms with van der Waals surface area (Å²) in [6.45, 7) is 0. The summed E-state index contributed by atoms with van der Waals surface area (Å²) in [5, 5.41) is 5.03. The second kappa shape index (κ2) is 8.94. The van der Waals surface area contributed by atoms with Gasteiger partial charge in [-0.1, -0.05) is 90.6 Å². The molecule has 0 atom stereocenters. The normalized spacial score (nSPS) is 12.9. The minimum atomic E-state index is 0.887. The van der Waals surface area contributed by atoms with E-state index in [1.807, 2.05) is 23.9 Å². The molecule has 9 aromatic rings. The Balaban J connectivity index is 1.07. The number of hydrogen-bond donors (Lipinski definition) is 0. The van der Waals surface area contributed by atoms with Crippen LogP contribution in [0.3, 0.4) is 0 Å². The molecule has 214 valence electrons. The van der Waals surface area contributed by atoms with Gasteiger partial charge in [0.15, 0.2) is 11.5 Å². The average Bonchev–Trinajstić information content (AvgIpc) is 3.63. The van der Waals surface area contributed by atoms with Crippen LogP contribution in [0.15, 0.2) is 155 Å². The fraction of sp³-hybridized carbons (Fsp3) is 0. The van der Waals surface area contributed by atoms with Gasteiger partial charge in [0.25, 0.3) is 0 Å². The highest BCUT2D eigenvalue weighted by molar-refractivity contribution is 7.99. The molecule has 3 nitrogen and oxygen atoms in total. The predicted octanol–water partition coefficient (Wildman–Crippen LogP) is 11.8. The van der Waals surface area contributed by atoms with Gasteiger partial charge in [0.05, 0.1) is 33.4 Å². The van der Waals surface area contributed by atoms with Gasteiger partial charge in [-0.05, 0) is 89.0 Å². The van der Waals surface area contributed by atoms with Crippen LogP contribution < -0.4 is 4.74 Å². The highest BCUT2D eigenvalue weighted by Crippen LogP contribution is 2.48. The average molecular weight is 605 g/mol. The molecule has 0 N–H and O–H groups in total. The Morgan fingerprint density at radius 2 is 0.957 bits per heavy atom. The molecule has 0 spiro atoms. The van der Waals surface area contributed by atoms with E-state index in [4.69, 9.17) is 4.74 Å². The number of benzene rings is 7. The number of para-hydroxylation sites is 5. The van der Waals surface area contributed by atoms with Gasteiger partial charge >= 0.3 is 0 Å². The first kappa shape index (κ1) is 24.6. The lowest BCUT2D eigenvalue weighted by Crippen LogP contribution is -2.03. The summed E-state index contributed by atoms with van der Waals surface area (Å²) in [6.07, 6.45) is 0. The molecule has 0 saturated carbocycles. The van der Waals surface area contributed by atoms with E-state index in [2.05, 4.69) is 143 Å². The highest BCUT2D eigenvalue weighted by Gasteiger charge is 2.24. The maximum Gasteiger partial charge on any atom is 0.152 e. The van der Waals surface area contributed by atoms with Gasteiger partial charge < -0.3 is 13.9 Å². The monoisotopic (exact) mass is 604 g/mol. The topological polar surface area (TPSA) is 19.1 Å². The Morgan fingerprint density at radius 3 is 1.74 bits per heavy atom. The van der Waals surface area contributed by atoms with Crippen molar-refractivity contribution < 1.29 is 4.74 Å². The SMILES string of the molecule is c1cc(-c2ccc3c(c2)c2cccc4c2n3-c2ccccc2O4)cc(-c2ccc3c(c2)c2cccc4c2n3-c2ccccc2S4)c1. The molecule has 11 rings (SSSR count). The molecule has 0 saturated heterocycles. The summed E-state index contributed by atoms with van der Waals surface area (Å²) in [7, 11) is 0. The number of hydrogen-bond acceptors (Lipinski definition) is 2. The maximum absolute atomic E-state index is 6.33. The van der Waals surface area contributed by atoms with Crippen molar-refractivity contribution in [2.24, 2.45) is 0 Å². The van der Waals surface area contributed by atoms with E-state index < -0.39 is 0 Å². The van der Waals surface area contributed by atoms with Crippen molar-refractivity contribution in [1.29, 1.82) is 0 Å². The molecule has 0 fully saturated rings. The lowest BCUT2D eigenvalue weighted by Gasteiger charge is -2.20. The number of rotatable bonds is 2. The second-order valence-electron chi connectivity index (χ2n) is 12.2. The molecule has 4 heteroatoms. The van der Waals surface area contributed by atoms with Crippen LogP contribution in [0.1, 0.15) is 0 Å². The highest BCUT2D eigenvalue weighted by atomic mass is 32.2. The zero-order valence-corrected chi connectivity index (χ0v) is 25.4. The lowest BCUT2D eigenvalue weighted by atomic mass is 9.97. The maximum atomic E-state index is 6.33. The number of aromatic nitrogens is 2. The van der Waals surface area contributed by atoms with E-state index in [1.165, 1.54) is 75.8 Å². The summed E-state index contributed by atoms with van der Waals surface area (Å²) in [4.78, 5) is 2.61. The molecule has 46 heavy (non-hydrogen) atoms. The number of fused-ring (bicyclic) bond motifs is 10. The standard InChI is InChI=1S/C42H24N2OS/c1-3-14-37-35(12-1)43-33-20-18-27(23-31(33)29-10-6-15-38(45-37)41(29)43)25-8-5-9-26(22-25)28-19-21-34-32(24-28)30-11-7-17-40-42(30)44(34)36-13-2-4-16-39(36)46-40/h1-24H. The van der Waals surface area contributed by atoms with Crippen molar-refractivity contribution >= 4 is 55.4 Å². The summed E-state index contributed by atoms with van der Waals surface area (Å²) in [5.41, 5.74) is 12.1. The molecule has 0 amide bonds. The summed E-state index contributed by atoms with van der Waals surface area (Å²) < 4.78 is 11.1. The van der Waals surface area contributed by atoms with Gasteiger partial charge in [0.1, 0.15) is 0 Å². The molecule has 2 aromatic heterocycles. The number of nitrogens with zero attached hydrogens (tertiary/aromatic N) is 2. The van der Waals surface area contributed by atoms with Crippen LogP contribution in [0.25, 0.3) is 77.2 Å². The molecule has 0 unspecified atom stereocenters. The quantitative estimate of drug-likeness (QED) is 0.195. The molecule has 2 aliphatic rings. The minimum Gasteiger partial charge on any atom is -0.453 e. The first-order valence-corrected chi connectivity index (χ1v) is 16.4. The minimum absolute atomic E-state index is 0.887. The van der Waals surface area contributed by atoms with Crippen molar-refractivity contribution in [3.05, 3.63) is 146 Å². The van der Waals surface area contributed by atoms with Gasteiger partial charge in [-0.3, -0.25) is 0 Å². The van der Waals surface area contributed by atoms with E-state index in [0.29, 0.717) is 0 Å². The first-order chi connectivity index (χ1) is 22.8. The van der Waals surface area contributed by atoms with Crippen molar-refractivity contribution in [3.8, 4) is 45.1 Å². The van der Waals surface area contributed by atoms with Gasteiger partial charge in [-0.15, -0.1) is 0 Å². The van der Waals surface area contributed by atoms with E-state index >= 15 is 0 Å². The fourth-order valence-electron chi connectivity index (χ4n) is 7.67. The van der Waals surface area contributed by atoms with Crippen molar-refractivity contribution in [1.82, 2.24) is 9.13 Å². The van der Waals surface area contributed by atoms with Gasteiger partial charge in [-0.25, -0.2) is 0 Å². The molecule has 0 bridgehead atoms. The Morgan fingerprint density at radius 1 is 0.391 bits per heavy atom. The van der Waals surface area contributed by atoms with Crippen molar-refractivity contribution in [3.63, 3.8) is 0 Å².